The van der Waals surface area contributed by atoms with Gasteiger partial charge in [-0.25, -0.2) is 0 Å². The summed E-state index contributed by atoms with van der Waals surface area (Å²) in [6.07, 6.45) is 15.7. The SMILES string of the molecule is C=C1C(=CC=C2CCC[C@]3(C)[C@@H]([C@@H](C)CCCC(C)(C)O)CC[C@@H]23)C[C@@H](OC)[C@H](C)[C@@H]1OC. The van der Waals surface area contributed by atoms with Crippen LogP contribution in [0.3, 0.4) is 0 Å². The lowest BCUT2D eigenvalue weighted by Crippen LogP contribution is -2.39. The molecule has 0 spiro atoms. The average molecular weight is 459 g/mol. The van der Waals surface area contributed by atoms with E-state index in [2.05, 4.69) is 39.5 Å². The molecule has 0 aromatic carbocycles. The Balaban J connectivity index is 1.74. The number of methoxy groups -OCH3 is 2. The fourth-order valence-electron chi connectivity index (χ4n) is 7.54. The molecule has 0 bridgehead atoms. The molecule has 3 saturated carbocycles. The molecular weight excluding hydrogens is 408 g/mol. The maximum absolute atomic E-state index is 10.1. The minimum absolute atomic E-state index is 0.0329. The van der Waals surface area contributed by atoms with Crippen molar-refractivity contribution in [2.75, 3.05) is 14.2 Å². The Hall–Kier alpha value is -0.900. The summed E-state index contributed by atoms with van der Waals surface area (Å²) in [5.41, 5.74) is 3.94. The average Bonchev–Trinajstić information content (AvgIpc) is 3.10. The normalized spacial score (nSPS) is 38.7. The van der Waals surface area contributed by atoms with Gasteiger partial charge in [0.2, 0.25) is 0 Å². The molecule has 0 radical (unpaired) electrons. The summed E-state index contributed by atoms with van der Waals surface area (Å²) in [4.78, 5) is 0. The second kappa shape index (κ2) is 10.8. The van der Waals surface area contributed by atoms with E-state index in [0.29, 0.717) is 17.3 Å². The predicted molar refractivity (Wildman–Crippen MR) is 138 cm³/mol. The summed E-state index contributed by atoms with van der Waals surface area (Å²) in [5.74, 6) is 2.55. The molecule has 3 nitrogen and oxygen atoms in total. The molecule has 3 aliphatic carbocycles. The van der Waals surface area contributed by atoms with Gasteiger partial charge in [0.05, 0.1) is 17.8 Å². The third-order valence-electron chi connectivity index (χ3n) is 9.47. The zero-order valence-corrected chi connectivity index (χ0v) is 22.5. The first-order valence-corrected chi connectivity index (χ1v) is 13.4. The molecule has 0 aromatic rings. The van der Waals surface area contributed by atoms with Gasteiger partial charge in [0.1, 0.15) is 0 Å². The quantitative estimate of drug-likeness (QED) is 0.416. The van der Waals surface area contributed by atoms with Crippen LogP contribution in [0.4, 0.5) is 0 Å². The topological polar surface area (TPSA) is 38.7 Å². The highest BCUT2D eigenvalue weighted by Crippen LogP contribution is 2.60. The minimum Gasteiger partial charge on any atom is -0.390 e. The first kappa shape index (κ1) is 26.7. The lowest BCUT2D eigenvalue weighted by Gasteiger charge is -2.44. The van der Waals surface area contributed by atoms with E-state index in [1.807, 2.05) is 21.0 Å². The number of hydrogen-bond donors (Lipinski definition) is 1. The molecular formula is C30H50O3. The van der Waals surface area contributed by atoms with Gasteiger partial charge in [-0.2, -0.15) is 0 Å². The van der Waals surface area contributed by atoms with E-state index in [4.69, 9.17) is 9.47 Å². The fourth-order valence-corrected chi connectivity index (χ4v) is 7.54. The highest BCUT2D eigenvalue weighted by molar-refractivity contribution is 5.39. The van der Waals surface area contributed by atoms with Crippen LogP contribution >= 0.6 is 0 Å². The van der Waals surface area contributed by atoms with E-state index >= 15 is 0 Å². The Morgan fingerprint density at radius 2 is 1.94 bits per heavy atom. The van der Waals surface area contributed by atoms with Crippen LogP contribution < -0.4 is 0 Å². The molecule has 0 saturated heterocycles. The first-order valence-electron chi connectivity index (χ1n) is 13.4. The monoisotopic (exact) mass is 458 g/mol. The fraction of sp³-hybridized carbons (Fsp3) is 0.800. The number of fused-ring (bicyclic) bond motifs is 1. The molecule has 0 aliphatic heterocycles. The summed E-state index contributed by atoms with van der Waals surface area (Å²) in [6.45, 7) is 15.5. The van der Waals surface area contributed by atoms with Crippen molar-refractivity contribution in [3.05, 3.63) is 35.5 Å². The molecule has 0 aromatic heterocycles. The second-order valence-electron chi connectivity index (χ2n) is 12.2. The van der Waals surface area contributed by atoms with Crippen LogP contribution in [-0.4, -0.2) is 37.1 Å². The van der Waals surface area contributed by atoms with Crippen molar-refractivity contribution in [1.82, 2.24) is 0 Å². The van der Waals surface area contributed by atoms with Crippen molar-refractivity contribution in [1.29, 1.82) is 0 Å². The summed E-state index contributed by atoms with van der Waals surface area (Å²) in [5, 5.41) is 10.1. The Morgan fingerprint density at radius 1 is 1.21 bits per heavy atom. The van der Waals surface area contributed by atoms with Crippen molar-refractivity contribution in [3.8, 4) is 0 Å². The molecule has 1 N–H and O–H groups in total. The van der Waals surface area contributed by atoms with E-state index in [1.54, 1.807) is 12.7 Å². The number of allylic oxidation sites excluding steroid dienone is 3. The zero-order chi connectivity index (χ0) is 24.4. The van der Waals surface area contributed by atoms with Crippen molar-refractivity contribution in [2.24, 2.45) is 29.1 Å². The number of hydrogen-bond acceptors (Lipinski definition) is 3. The van der Waals surface area contributed by atoms with Gasteiger partial charge in [-0.1, -0.05) is 57.9 Å². The summed E-state index contributed by atoms with van der Waals surface area (Å²) < 4.78 is 11.6. The second-order valence-corrected chi connectivity index (χ2v) is 12.2. The van der Waals surface area contributed by atoms with E-state index in [1.165, 1.54) is 44.1 Å². The summed E-state index contributed by atoms with van der Waals surface area (Å²) in [6, 6.07) is 0. The number of rotatable bonds is 8. The van der Waals surface area contributed by atoms with Crippen LogP contribution in [0.2, 0.25) is 0 Å². The third kappa shape index (κ3) is 5.85. The highest BCUT2D eigenvalue weighted by atomic mass is 16.5. The number of ether oxygens (including phenoxy) is 2. The van der Waals surface area contributed by atoms with Crippen molar-refractivity contribution >= 4 is 0 Å². The maximum Gasteiger partial charge on any atom is 0.0868 e. The Bertz CT molecular complexity index is 742. The molecule has 3 rings (SSSR count). The maximum atomic E-state index is 10.1. The molecule has 3 heteroatoms. The van der Waals surface area contributed by atoms with Gasteiger partial charge in [-0.3, -0.25) is 0 Å². The van der Waals surface area contributed by atoms with Gasteiger partial charge in [0.25, 0.3) is 0 Å². The van der Waals surface area contributed by atoms with Crippen molar-refractivity contribution in [3.63, 3.8) is 0 Å². The molecule has 0 unspecified atom stereocenters. The van der Waals surface area contributed by atoms with Gasteiger partial charge in [0.15, 0.2) is 0 Å². The molecule has 3 fully saturated rings. The largest absolute Gasteiger partial charge is 0.390 e. The van der Waals surface area contributed by atoms with Crippen molar-refractivity contribution < 1.29 is 14.6 Å². The van der Waals surface area contributed by atoms with E-state index in [0.717, 1.165) is 36.7 Å². The third-order valence-corrected chi connectivity index (χ3v) is 9.47. The molecule has 0 amide bonds. The van der Waals surface area contributed by atoms with Crippen LogP contribution in [0.1, 0.15) is 92.4 Å². The van der Waals surface area contributed by atoms with Gasteiger partial charge in [-0.05, 0) is 93.1 Å². The Morgan fingerprint density at radius 3 is 2.58 bits per heavy atom. The lowest BCUT2D eigenvalue weighted by molar-refractivity contribution is -0.0198. The first-order chi connectivity index (χ1) is 15.5. The Labute approximate surface area is 203 Å². The smallest absolute Gasteiger partial charge is 0.0868 e. The van der Waals surface area contributed by atoms with E-state index in [9.17, 15) is 5.11 Å². The molecule has 188 valence electrons. The minimum atomic E-state index is -0.541. The van der Waals surface area contributed by atoms with E-state index < -0.39 is 5.60 Å². The van der Waals surface area contributed by atoms with Crippen LogP contribution in [0.5, 0.6) is 0 Å². The molecule has 33 heavy (non-hydrogen) atoms. The van der Waals surface area contributed by atoms with Crippen LogP contribution in [0, 0.1) is 29.1 Å². The molecule has 3 aliphatic rings. The van der Waals surface area contributed by atoms with Gasteiger partial charge < -0.3 is 14.6 Å². The van der Waals surface area contributed by atoms with Gasteiger partial charge in [-0.15, -0.1) is 0 Å². The number of aliphatic hydroxyl groups is 1. The predicted octanol–water partition coefficient (Wildman–Crippen LogP) is 7.26. The van der Waals surface area contributed by atoms with Crippen LogP contribution in [0.25, 0.3) is 0 Å². The van der Waals surface area contributed by atoms with E-state index in [-0.39, 0.29) is 12.2 Å². The van der Waals surface area contributed by atoms with Crippen molar-refractivity contribution in [2.45, 2.75) is 110 Å². The summed E-state index contributed by atoms with van der Waals surface area (Å²) in [7, 11) is 3.60. The lowest BCUT2D eigenvalue weighted by atomic mass is 9.60. The molecule has 0 heterocycles. The van der Waals surface area contributed by atoms with Crippen LogP contribution in [0.15, 0.2) is 35.5 Å². The Kier molecular flexibility index (Phi) is 8.73. The van der Waals surface area contributed by atoms with Crippen LogP contribution in [-0.2, 0) is 9.47 Å². The zero-order valence-electron chi connectivity index (χ0n) is 22.5. The van der Waals surface area contributed by atoms with Gasteiger partial charge in [0, 0.05) is 20.1 Å². The summed E-state index contributed by atoms with van der Waals surface area (Å²) >= 11 is 0. The standard InChI is InChI=1S/C30H50O3/c1-20(11-9-17-29(4,5)31)25-15-16-26-23(12-10-18-30(25,26)6)13-14-24-19-27(32-7)22(3)28(33-8)21(24)2/h13-14,20,22,25-28,31H,2,9-12,15-19H2,1,3-8H3/t20-,22-,25+,26-,27+,28+,30+/m0/s1. The highest BCUT2D eigenvalue weighted by Gasteiger charge is 2.50. The molecule has 7 atom stereocenters. The van der Waals surface area contributed by atoms with Gasteiger partial charge >= 0.3 is 0 Å².